The van der Waals surface area contributed by atoms with Crippen LogP contribution in [0, 0.1) is 0 Å². The van der Waals surface area contributed by atoms with Gasteiger partial charge >= 0.3 is 0 Å². The molecule has 1 atom stereocenters. The summed E-state index contributed by atoms with van der Waals surface area (Å²) < 4.78 is 16.4. The Hall–Kier alpha value is -1.30. The van der Waals surface area contributed by atoms with Crippen molar-refractivity contribution in [1.82, 2.24) is 0 Å². The second-order valence-electron chi connectivity index (χ2n) is 4.79. The van der Waals surface area contributed by atoms with E-state index in [0.29, 0.717) is 18.0 Å². The summed E-state index contributed by atoms with van der Waals surface area (Å²) in [6.45, 7) is 1.40. The number of nitrogens with zero attached hydrogens (tertiary/aromatic N) is 1. The first-order valence-electron chi connectivity index (χ1n) is 6.95. The maximum atomic E-state index is 11.9. The van der Waals surface area contributed by atoms with Crippen LogP contribution in [0.1, 0.15) is 12.8 Å². The molecule has 0 saturated carbocycles. The molecule has 0 aromatic heterocycles. The molecule has 0 radical (unpaired) electrons. The van der Waals surface area contributed by atoms with Gasteiger partial charge in [-0.1, -0.05) is 12.1 Å². The van der Waals surface area contributed by atoms with E-state index in [-0.39, 0.29) is 24.6 Å². The predicted octanol–water partition coefficient (Wildman–Crippen LogP) is 2.42. The summed E-state index contributed by atoms with van der Waals surface area (Å²) in [7, 11) is 1.53. The highest BCUT2D eigenvalue weighted by Crippen LogP contribution is 2.29. The van der Waals surface area contributed by atoms with Crippen LogP contribution in [0.5, 0.6) is 5.75 Å². The molecule has 1 saturated heterocycles. The summed E-state index contributed by atoms with van der Waals surface area (Å²) in [5.41, 5.74) is 0.656. The second kappa shape index (κ2) is 8.22. The first-order chi connectivity index (χ1) is 10.3. The van der Waals surface area contributed by atoms with Gasteiger partial charge in [-0.3, -0.25) is 9.69 Å². The Balaban J connectivity index is 2.11. The van der Waals surface area contributed by atoms with Crippen molar-refractivity contribution >= 4 is 23.2 Å². The molecule has 116 valence electrons. The summed E-state index contributed by atoms with van der Waals surface area (Å²) in [6.07, 6.45) is 2.19. The van der Waals surface area contributed by atoms with Gasteiger partial charge in [-0.05, 0) is 25.0 Å². The molecule has 0 aliphatic carbocycles. The average Bonchev–Trinajstić information content (AvgIpc) is 3.04. The van der Waals surface area contributed by atoms with Gasteiger partial charge in [0.2, 0.25) is 5.91 Å². The number of rotatable bonds is 7. The lowest BCUT2D eigenvalue weighted by Gasteiger charge is -2.24. The van der Waals surface area contributed by atoms with Gasteiger partial charge in [0, 0.05) is 13.7 Å². The second-order valence-corrected chi connectivity index (χ2v) is 5.05. The van der Waals surface area contributed by atoms with Gasteiger partial charge in [0.25, 0.3) is 0 Å². The third-order valence-corrected chi connectivity index (χ3v) is 3.51. The third kappa shape index (κ3) is 4.33. The average molecular weight is 314 g/mol. The van der Waals surface area contributed by atoms with E-state index >= 15 is 0 Å². The molecule has 1 aromatic carbocycles. The lowest BCUT2D eigenvalue weighted by atomic mass is 10.2. The number of halogens is 1. The number of hydrogen-bond donors (Lipinski definition) is 0. The van der Waals surface area contributed by atoms with Crippen LogP contribution in [-0.4, -0.2) is 44.9 Å². The molecule has 1 fully saturated rings. The molecule has 1 unspecified atom stereocenters. The van der Waals surface area contributed by atoms with Crippen molar-refractivity contribution in [2.24, 2.45) is 0 Å². The number of carbonyl (C=O) groups excluding carboxylic acids is 1. The maximum absolute atomic E-state index is 11.9. The molecule has 0 N–H and O–H groups in total. The Labute approximate surface area is 129 Å². The van der Waals surface area contributed by atoms with E-state index in [4.69, 9.17) is 25.8 Å². The number of carbonyl (C=O) groups is 1. The van der Waals surface area contributed by atoms with Crippen molar-refractivity contribution in [3.63, 3.8) is 0 Å². The monoisotopic (exact) mass is 313 g/mol. The summed E-state index contributed by atoms with van der Waals surface area (Å²) in [5.74, 6) is 0.291. The molecule has 1 amide bonds. The molecular weight excluding hydrogens is 294 g/mol. The number of alkyl halides is 1. The van der Waals surface area contributed by atoms with Gasteiger partial charge in [-0.2, -0.15) is 0 Å². The van der Waals surface area contributed by atoms with E-state index in [9.17, 15) is 4.79 Å². The van der Waals surface area contributed by atoms with Gasteiger partial charge in [-0.15, -0.1) is 11.6 Å². The molecule has 6 heteroatoms. The van der Waals surface area contributed by atoms with Crippen molar-refractivity contribution in [2.45, 2.75) is 18.9 Å². The zero-order valence-electron chi connectivity index (χ0n) is 12.1. The highest BCUT2D eigenvalue weighted by molar-refractivity contribution is 6.29. The minimum absolute atomic E-state index is 0.108. The van der Waals surface area contributed by atoms with Gasteiger partial charge in [-0.25, -0.2) is 0 Å². The zero-order chi connectivity index (χ0) is 15.1. The molecule has 1 aliphatic rings. The first-order valence-corrected chi connectivity index (χ1v) is 7.48. The van der Waals surface area contributed by atoms with Gasteiger partial charge in [0.1, 0.15) is 25.0 Å². The van der Waals surface area contributed by atoms with Gasteiger partial charge in [0.05, 0.1) is 11.8 Å². The van der Waals surface area contributed by atoms with E-state index in [1.807, 2.05) is 24.3 Å². The van der Waals surface area contributed by atoms with Crippen LogP contribution < -0.4 is 9.64 Å². The van der Waals surface area contributed by atoms with Crippen molar-refractivity contribution in [2.75, 3.05) is 37.8 Å². The number of anilines is 1. The molecular formula is C15H20ClNO4. The van der Waals surface area contributed by atoms with Gasteiger partial charge in [0.15, 0.2) is 0 Å². The number of benzene rings is 1. The Morgan fingerprint density at radius 3 is 2.95 bits per heavy atom. The number of ether oxygens (including phenoxy) is 3. The number of hydrogen-bond acceptors (Lipinski definition) is 4. The van der Waals surface area contributed by atoms with Crippen LogP contribution in [0.2, 0.25) is 0 Å². The fourth-order valence-corrected chi connectivity index (χ4v) is 2.38. The van der Waals surface area contributed by atoms with Crippen LogP contribution in [0.3, 0.4) is 0 Å². The largest absolute Gasteiger partial charge is 0.489 e. The van der Waals surface area contributed by atoms with Crippen molar-refractivity contribution < 1.29 is 19.0 Å². The van der Waals surface area contributed by atoms with E-state index in [2.05, 4.69) is 0 Å². The number of amides is 1. The minimum atomic E-state index is -0.230. The number of methoxy groups -OCH3 is 1. The molecule has 0 spiro atoms. The third-order valence-electron chi connectivity index (χ3n) is 3.28. The Morgan fingerprint density at radius 1 is 1.48 bits per heavy atom. The Bertz CT molecular complexity index is 463. The van der Waals surface area contributed by atoms with E-state index in [1.54, 1.807) is 0 Å². The van der Waals surface area contributed by atoms with Gasteiger partial charge < -0.3 is 14.2 Å². The van der Waals surface area contributed by atoms with Crippen molar-refractivity contribution in [3.05, 3.63) is 24.3 Å². The smallest absolute Gasteiger partial charge is 0.243 e. The number of para-hydroxylation sites is 2. The lowest BCUT2D eigenvalue weighted by Crippen LogP contribution is -2.34. The fourth-order valence-electron chi connectivity index (χ4n) is 2.24. The molecule has 5 nitrogen and oxygen atoms in total. The quantitative estimate of drug-likeness (QED) is 0.573. The van der Waals surface area contributed by atoms with Crippen LogP contribution in [0.25, 0.3) is 0 Å². The minimum Gasteiger partial charge on any atom is -0.489 e. The SMILES string of the molecule is COCN(C(=O)CCl)c1ccccc1OCC1CCCO1. The summed E-state index contributed by atoms with van der Waals surface area (Å²) in [5, 5.41) is 0. The molecule has 0 bridgehead atoms. The summed E-state index contributed by atoms with van der Waals surface area (Å²) in [6, 6.07) is 7.35. The molecule has 1 aromatic rings. The standard InChI is InChI=1S/C15H20ClNO4/c1-19-11-17(15(18)9-16)13-6-2-3-7-14(13)21-10-12-5-4-8-20-12/h2-3,6-7,12H,4-5,8-11H2,1H3. The van der Waals surface area contributed by atoms with E-state index in [0.717, 1.165) is 19.4 Å². The highest BCUT2D eigenvalue weighted by atomic mass is 35.5. The van der Waals surface area contributed by atoms with Crippen LogP contribution in [0.15, 0.2) is 24.3 Å². The molecule has 21 heavy (non-hydrogen) atoms. The molecule has 2 rings (SSSR count). The van der Waals surface area contributed by atoms with Crippen molar-refractivity contribution in [3.8, 4) is 5.75 Å². The fraction of sp³-hybridized carbons (Fsp3) is 0.533. The van der Waals surface area contributed by atoms with E-state index in [1.165, 1.54) is 12.0 Å². The maximum Gasteiger partial charge on any atom is 0.243 e. The lowest BCUT2D eigenvalue weighted by molar-refractivity contribution is -0.117. The highest BCUT2D eigenvalue weighted by Gasteiger charge is 2.20. The zero-order valence-corrected chi connectivity index (χ0v) is 12.8. The summed E-state index contributed by atoms with van der Waals surface area (Å²) >= 11 is 5.66. The topological polar surface area (TPSA) is 48.0 Å². The van der Waals surface area contributed by atoms with E-state index < -0.39 is 0 Å². The van der Waals surface area contributed by atoms with Crippen LogP contribution >= 0.6 is 11.6 Å². The first kappa shape index (κ1) is 16.1. The normalized spacial score (nSPS) is 17.7. The predicted molar refractivity (Wildman–Crippen MR) is 81.0 cm³/mol. The molecule has 1 heterocycles. The van der Waals surface area contributed by atoms with Crippen LogP contribution in [-0.2, 0) is 14.3 Å². The Morgan fingerprint density at radius 2 is 2.29 bits per heavy atom. The Kier molecular flexibility index (Phi) is 6.29. The van der Waals surface area contributed by atoms with Crippen LogP contribution in [0.4, 0.5) is 5.69 Å². The summed E-state index contributed by atoms with van der Waals surface area (Å²) in [4.78, 5) is 13.4. The molecule has 1 aliphatic heterocycles. The van der Waals surface area contributed by atoms with Crippen molar-refractivity contribution in [1.29, 1.82) is 0 Å².